The Kier molecular flexibility index (Phi) is 2.95. The molecule has 16 heavy (non-hydrogen) atoms. The van der Waals surface area contributed by atoms with E-state index in [-0.39, 0.29) is 12.1 Å². The second kappa shape index (κ2) is 4.39. The number of likely N-dealkylation sites (N-methyl/N-ethyl adjacent to an activating group) is 1. The molecule has 3 nitrogen and oxygen atoms in total. The molecule has 0 N–H and O–H groups in total. The molecule has 0 aliphatic carbocycles. The minimum atomic E-state index is -0.202. The minimum Gasteiger partial charge on any atom is -0.453 e. The van der Waals surface area contributed by atoms with E-state index in [4.69, 9.17) is 4.74 Å². The predicted octanol–water partition coefficient (Wildman–Crippen LogP) is 1.99. The number of anilines is 1. The first kappa shape index (κ1) is 10.7. The van der Waals surface area contributed by atoms with Crippen LogP contribution in [0.3, 0.4) is 0 Å². The van der Waals surface area contributed by atoms with Crippen molar-refractivity contribution in [1.29, 1.82) is 0 Å². The van der Waals surface area contributed by atoms with Crippen LogP contribution in [0.4, 0.5) is 5.69 Å². The average molecular weight is 217 g/mol. The van der Waals surface area contributed by atoms with Crippen LogP contribution >= 0.6 is 0 Å². The molecule has 0 fully saturated rings. The summed E-state index contributed by atoms with van der Waals surface area (Å²) in [5.41, 5.74) is 1.82. The van der Waals surface area contributed by atoms with E-state index in [1.807, 2.05) is 43.5 Å². The highest BCUT2D eigenvalue weighted by Gasteiger charge is 2.23. The van der Waals surface area contributed by atoms with Crippen molar-refractivity contribution in [2.75, 3.05) is 18.5 Å². The monoisotopic (exact) mass is 217 g/mol. The van der Waals surface area contributed by atoms with Crippen molar-refractivity contribution in [3.8, 4) is 0 Å². The van der Waals surface area contributed by atoms with Crippen LogP contribution in [0.25, 0.3) is 0 Å². The molecule has 0 aromatic heterocycles. The van der Waals surface area contributed by atoms with Gasteiger partial charge in [-0.2, -0.15) is 0 Å². The lowest BCUT2D eigenvalue weighted by atomic mass is 10.2. The highest BCUT2D eigenvalue weighted by Crippen LogP contribution is 2.17. The first-order chi connectivity index (χ1) is 7.66. The van der Waals surface area contributed by atoms with Gasteiger partial charge >= 0.3 is 5.97 Å². The summed E-state index contributed by atoms with van der Waals surface area (Å²) < 4.78 is 5.19. The molecule has 1 unspecified atom stereocenters. The van der Waals surface area contributed by atoms with Crippen molar-refractivity contribution in [1.82, 2.24) is 0 Å². The number of hydrogen-bond acceptors (Lipinski definition) is 3. The Hall–Kier alpha value is -1.77. The van der Waals surface area contributed by atoms with Gasteiger partial charge in [0, 0.05) is 18.3 Å². The molecule has 0 spiro atoms. The number of para-hydroxylation sites is 1. The van der Waals surface area contributed by atoms with Crippen LogP contribution < -0.4 is 4.90 Å². The molecule has 0 saturated heterocycles. The predicted molar refractivity (Wildman–Crippen MR) is 63.3 cm³/mol. The van der Waals surface area contributed by atoms with Crippen molar-refractivity contribution in [2.24, 2.45) is 0 Å². The summed E-state index contributed by atoms with van der Waals surface area (Å²) in [6, 6.07) is 10.0. The number of carbonyl (C=O) groups is 1. The lowest BCUT2D eigenvalue weighted by Crippen LogP contribution is -2.28. The summed E-state index contributed by atoms with van der Waals surface area (Å²) in [7, 11) is 1.99. The number of benzene rings is 1. The summed E-state index contributed by atoms with van der Waals surface area (Å²) in [6.45, 7) is 2.47. The van der Waals surface area contributed by atoms with Crippen LogP contribution in [0.15, 0.2) is 42.0 Å². The fourth-order valence-electron chi connectivity index (χ4n) is 1.76. The largest absolute Gasteiger partial charge is 0.453 e. The Morgan fingerprint density at radius 2 is 2.00 bits per heavy atom. The highest BCUT2D eigenvalue weighted by atomic mass is 16.5. The van der Waals surface area contributed by atoms with E-state index < -0.39 is 0 Å². The van der Waals surface area contributed by atoms with Gasteiger partial charge in [-0.05, 0) is 25.1 Å². The molecule has 2 rings (SSSR count). The fraction of sp³-hybridized carbons (Fsp3) is 0.308. The topological polar surface area (TPSA) is 29.5 Å². The van der Waals surface area contributed by atoms with Crippen molar-refractivity contribution in [3.63, 3.8) is 0 Å². The zero-order valence-corrected chi connectivity index (χ0v) is 9.51. The van der Waals surface area contributed by atoms with Gasteiger partial charge in [0.2, 0.25) is 0 Å². The van der Waals surface area contributed by atoms with Gasteiger partial charge in [0.1, 0.15) is 6.10 Å². The maximum absolute atomic E-state index is 11.2. The minimum absolute atomic E-state index is 0.127. The van der Waals surface area contributed by atoms with Crippen LogP contribution in [0.5, 0.6) is 0 Å². The molecule has 1 aliphatic rings. The van der Waals surface area contributed by atoms with Crippen LogP contribution in [0.2, 0.25) is 0 Å². The molecule has 84 valence electrons. The molecule has 1 heterocycles. The quantitative estimate of drug-likeness (QED) is 0.725. The molecule has 0 amide bonds. The maximum Gasteiger partial charge on any atom is 0.334 e. The Morgan fingerprint density at radius 3 is 2.56 bits per heavy atom. The van der Waals surface area contributed by atoms with E-state index in [0.717, 1.165) is 5.69 Å². The van der Waals surface area contributed by atoms with Crippen LogP contribution in [0.1, 0.15) is 6.92 Å². The third-order valence-electron chi connectivity index (χ3n) is 2.67. The van der Waals surface area contributed by atoms with Gasteiger partial charge in [-0.15, -0.1) is 0 Å². The van der Waals surface area contributed by atoms with E-state index in [9.17, 15) is 4.79 Å². The molecular formula is C13H15NO2. The van der Waals surface area contributed by atoms with Gasteiger partial charge in [-0.25, -0.2) is 4.79 Å². The first-order valence-electron chi connectivity index (χ1n) is 5.32. The normalized spacial score (nSPS) is 19.2. The molecule has 1 aromatic carbocycles. The van der Waals surface area contributed by atoms with Gasteiger partial charge in [-0.1, -0.05) is 18.2 Å². The van der Waals surface area contributed by atoms with Crippen LogP contribution in [-0.4, -0.2) is 25.7 Å². The van der Waals surface area contributed by atoms with Crippen molar-refractivity contribution in [3.05, 3.63) is 42.0 Å². The maximum atomic E-state index is 11.2. The second-order valence-corrected chi connectivity index (χ2v) is 4.01. The molecule has 3 heteroatoms. The smallest absolute Gasteiger partial charge is 0.334 e. The number of rotatable bonds is 3. The van der Waals surface area contributed by atoms with Gasteiger partial charge in [0.25, 0.3) is 0 Å². The number of cyclic esters (lactones) is 1. The molecule has 0 saturated carbocycles. The van der Waals surface area contributed by atoms with Crippen molar-refractivity contribution in [2.45, 2.75) is 13.0 Å². The summed E-state index contributed by atoms with van der Waals surface area (Å²) in [6.07, 6.45) is 1.75. The average Bonchev–Trinajstić information content (AvgIpc) is 2.59. The molecule has 1 aromatic rings. The lowest BCUT2D eigenvalue weighted by molar-refractivity contribution is -0.139. The Bertz CT molecular complexity index is 411. The summed E-state index contributed by atoms with van der Waals surface area (Å²) >= 11 is 0. The van der Waals surface area contributed by atoms with E-state index >= 15 is 0 Å². The number of hydrogen-bond donors (Lipinski definition) is 0. The van der Waals surface area contributed by atoms with Crippen molar-refractivity contribution < 1.29 is 9.53 Å². The van der Waals surface area contributed by atoms with E-state index in [2.05, 4.69) is 4.90 Å². The number of ether oxygens (including phenoxy) is 1. The summed E-state index contributed by atoms with van der Waals surface area (Å²) in [4.78, 5) is 13.3. The van der Waals surface area contributed by atoms with Gasteiger partial charge in [-0.3, -0.25) is 0 Å². The van der Waals surface area contributed by atoms with Gasteiger partial charge in [0.15, 0.2) is 0 Å². The fourth-order valence-corrected chi connectivity index (χ4v) is 1.76. The second-order valence-electron chi connectivity index (χ2n) is 4.01. The molecule has 1 atom stereocenters. The van der Waals surface area contributed by atoms with E-state index in [0.29, 0.717) is 12.1 Å². The molecule has 0 radical (unpaired) electrons. The SMILES string of the molecule is CC1=CC(CN(C)c2ccccc2)OC1=O. The standard InChI is InChI=1S/C13H15NO2/c1-10-8-12(16-13(10)15)9-14(2)11-6-4-3-5-7-11/h3-8,12H,9H2,1-2H3. The lowest BCUT2D eigenvalue weighted by Gasteiger charge is -2.21. The number of carbonyl (C=O) groups excluding carboxylic acids is 1. The Balaban J connectivity index is 1.99. The van der Waals surface area contributed by atoms with E-state index in [1.54, 1.807) is 6.92 Å². The molecule has 1 aliphatic heterocycles. The van der Waals surface area contributed by atoms with Crippen LogP contribution in [-0.2, 0) is 9.53 Å². The Labute approximate surface area is 95.3 Å². The van der Waals surface area contributed by atoms with Gasteiger partial charge in [0.05, 0.1) is 6.54 Å². The number of nitrogens with zero attached hydrogens (tertiary/aromatic N) is 1. The van der Waals surface area contributed by atoms with Gasteiger partial charge < -0.3 is 9.64 Å². The Morgan fingerprint density at radius 1 is 1.31 bits per heavy atom. The molecular weight excluding hydrogens is 202 g/mol. The third kappa shape index (κ3) is 2.24. The summed E-state index contributed by atoms with van der Waals surface area (Å²) in [5, 5.41) is 0. The summed E-state index contributed by atoms with van der Waals surface area (Å²) in [5.74, 6) is -0.202. The first-order valence-corrected chi connectivity index (χ1v) is 5.32. The number of esters is 1. The van der Waals surface area contributed by atoms with E-state index in [1.165, 1.54) is 0 Å². The zero-order valence-electron chi connectivity index (χ0n) is 9.51. The van der Waals surface area contributed by atoms with Crippen LogP contribution in [0, 0.1) is 0 Å². The highest BCUT2D eigenvalue weighted by molar-refractivity contribution is 5.90. The molecule has 0 bridgehead atoms. The zero-order chi connectivity index (χ0) is 11.5. The third-order valence-corrected chi connectivity index (χ3v) is 2.67. The van der Waals surface area contributed by atoms with Crippen molar-refractivity contribution >= 4 is 11.7 Å².